The summed E-state index contributed by atoms with van der Waals surface area (Å²) in [6.45, 7) is 3.17. The Bertz CT molecular complexity index is 773. The fourth-order valence-electron chi connectivity index (χ4n) is 2.85. The lowest BCUT2D eigenvalue weighted by Gasteiger charge is -2.14. The molecular weight excluding hydrogens is 321 g/mol. The van der Waals surface area contributed by atoms with Crippen molar-refractivity contribution in [3.8, 4) is 0 Å². The molecule has 0 radical (unpaired) electrons. The van der Waals surface area contributed by atoms with E-state index in [1.54, 1.807) is 30.3 Å². The topological polar surface area (TPSA) is 76.4 Å². The molecule has 1 atom stereocenters. The average Bonchev–Trinajstić information content (AvgIpc) is 3.09. The van der Waals surface area contributed by atoms with Gasteiger partial charge in [0, 0.05) is 30.1 Å². The maximum Gasteiger partial charge on any atom is 0.256 e. The van der Waals surface area contributed by atoms with Gasteiger partial charge in [-0.1, -0.05) is 6.07 Å². The van der Waals surface area contributed by atoms with Crippen LogP contribution in [0, 0.1) is 12.7 Å². The molecular formula is C19H22FN3O2. The Morgan fingerprint density at radius 2 is 2.16 bits per heavy atom. The first-order valence-electron chi connectivity index (χ1n) is 8.35. The molecule has 5 nitrogen and oxygen atoms in total. The number of carbonyl (C=O) groups is 1. The van der Waals surface area contributed by atoms with Crippen LogP contribution in [0.1, 0.15) is 28.8 Å². The number of carbonyl (C=O) groups excluding carboxylic acids is 1. The molecule has 1 aliphatic heterocycles. The molecule has 0 aliphatic carbocycles. The number of nitrogens with one attached hydrogen (secondary N) is 2. The number of nitrogen functional groups attached to an aromatic ring is 1. The Labute approximate surface area is 146 Å². The van der Waals surface area contributed by atoms with Gasteiger partial charge in [0.15, 0.2) is 0 Å². The third-order valence-corrected chi connectivity index (χ3v) is 4.28. The predicted octanol–water partition coefficient (Wildman–Crippen LogP) is 3.56. The van der Waals surface area contributed by atoms with Crippen LogP contribution in [0.25, 0.3) is 0 Å². The molecule has 1 amide bonds. The van der Waals surface area contributed by atoms with Crippen molar-refractivity contribution in [1.29, 1.82) is 0 Å². The molecule has 0 bridgehead atoms. The number of amides is 1. The van der Waals surface area contributed by atoms with Crippen LogP contribution in [0.3, 0.4) is 0 Å². The minimum absolute atomic E-state index is 0.130. The highest BCUT2D eigenvalue weighted by Gasteiger charge is 2.16. The summed E-state index contributed by atoms with van der Waals surface area (Å²) in [5, 5.41) is 5.76. The number of anilines is 3. The van der Waals surface area contributed by atoms with E-state index >= 15 is 0 Å². The summed E-state index contributed by atoms with van der Waals surface area (Å²) in [6, 6.07) is 9.71. The molecule has 6 heteroatoms. The first-order valence-corrected chi connectivity index (χ1v) is 8.35. The standard InChI is InChI=1S/C19H22FN3O2/c1-12-4-5-13(21)9-16(12)19(24)23-14-6-7-18(17(20)10-14)22-11-15-3-2-8-25-15/h4-7,9-10,15,22H,2-3,8,11,21H2,1H3,(H,23,24). The molecule has 1 heterocycles. The Balaban J connectivity index is 1.65. The van der Waals surface area contributed by atoms with Crippen molar-refractivity contribution in [1.82, 2.24) is 0 Å². The van der Waals surface area contributed by atoms with Gasteiger partial charge in [-0.25, -0.2) is 4.39 Å². The van der Waals surface area contributed by atoms with E-state index in [0.717, 1.165) is 25.0 Å². The van der Waals surface area contributed by atoms with Gasteiger partial charge in [0.25, 0.3) is 5.91 Å². The number of hydrogen-bond acceptors (Lipinski definition) is 4. The van der Waals surface area contributed by atoms with Crippen LogP contribution < -0.4 is 16.4 Å². The van der Waals surface area contributed by atoms with E-state index in [0.29, 0.717) is 29.2 Å². The summed E-state index contributed by atoms with van der Waals surface area (Å²) in [4.78, 5) is 12.4. The lowest BCUT2D eigenvalue weighted by molar-refractivity contribution is 0.102. The van der Waals surface area contributed by atoms with Gasteiger partial charge in [-0.05, 0) is 55.7 Å². The molecule has 1 saturated heterocycles. The average molecular weight is 343 g/mol. The molecule has 0 spiro atoms. The van der Waals surface area contributed by atoms with E-state index in [4.69, 9.17) is 10.5 Å². The Kier molecular flexibility index (Phi) is 5.19. The molecule has 1 fully saturated rings. The van der Waals surface area contributed by atoms with Gasteiger partial charge >= 0.3 is 0 Å². The summed E-state index contributed by atoms with van der Waals surface area (Å²) in [7, 11) is 0. The van der Waals surface area contributed by atoms with Crippen LogP contribution in [0.15, 0.2) is 36.4 Å². The highest BCUT2D eigenvalue weighted by atomic mass is 19.1. The van der Waals surface area contributed by atoms with E-state index in [1.165, 1.54) is 6.07 Å². The van der Waals surface area contributed by atoms with Gasteiger partial charge in [-0.3, -0.25) is 4.79 Å². The van der Waals surface area contributed by atoms with Crippen molar-refractivity contribution < 1.29 is 13.9 Å². The number of aryl methyl sites for hydroxylation is 1. The highest BCUT2D eigenvalue weighted by Crippen LogP contribution is 2.22. The van der Waals surface area contributed by atoms with Crippen molar-refractivity contribution in [2.75, 3.05) is 29.5 Å². The summed E-state index contributed by atoms with van der Waals surface area (Å²) in [5.74, 6) is -0.732. The van der Waals surface area contributed by atoms with E-state index in [2.05, 4.69) is 10.6 Å². The van der Waals surface area contributed by atoms with Gasteiger partial charge in [-0.2, -0.15) is 0 Å². The molecule has 2 aromatic rings. The molecule has 1 aliphatic rings. The summed E-state index contributed by atoms with van der Waals surface area (Å²) in [5.41, 5.74) is 8.31. The summed E-state index contributed by atoms with van der Waals surface area (Å²) >= 11 is 0. The van der Waals surface area contributed by atoms with Gasteiger partial charge in [0.05, 0.1) is 11.8 Å². The second-order valence-electron chi connectivity index (χ2n) is 6.24. The SMILES string of the molecule is Cc1ccc(N)cc1C(=O)Nc1ccc(NCC2CCCO2)c(F)c1. The van der Waals surface area contributed by atoms with Crippen LogP contribution in [0.5, 0.6) is 0 Å². The van der Waals surface area contributed by atoms with Crippen LogP contribution in [0.2, 0.25) is 0 Å². The fraction of sp³-hybridized carbons (Fsp3) is 0.316. The third-order valence-electron chi connectivity index (χ3n) is 4.28. The molecule has 0 saturated carbocycles. The van der Waals surface area contributed by atoms with Crippen molar-refractivity contribution in [2.24, 2.45) is 0 Å². The Morgan fingerprint density at radius 1 is 1.32 bits per heavy atom. The number of halogens is 1. The lowest BCUT2D eigenvalue weighted by Crippen LogP contribution is -2.19. The monoisotopic (exact) mass is 343 g/mol. The highest BCUT2D eigenvalue weighted by molar-refractivity contribution is 6.05. The van der Waals surface area contributed by atoms with E-state index in [-0.39, 0.29) is 12.0 Å². The first kappa shape index (κ1) is 17.2. The summed E-state index contributed by atoms with van der Waals surface area (Å²) in [6.07, 6.45) is 2.16. The lowest BCUT2D eigenvalue weighted by atomic mass is 10.1. The van der Waals surface area contributed by atoms with Crippen LogP contribution in [-0.4, -0.2) is 25.2 Å². The van der Waals surface area contributed by atoms with Crippen LogP contribution in [0.4, 0.5) is 21.5 Å². The number of rotatable bonds is 5. The van der Waals surface area contributed by atoms with Gasteiger partial charge in [0.2, 0.25) is 0 Å². The second kappa shape index (κ2) is 7.53. The van der Waals surface area contributed by atoms with Gasteiger partial charge in [0.1, 0.15) is 5.82 Å². The zero-order valence-corrected chi connectivity index (χ0v) is 14.1. The van der Waals surface area contributed by atoms with Crippen molar-refractivity contribution in [3.63, 3.8) is 0 Å². The largest absolute Gasteiger partial charge is 0.399 e. The van der Waals surface area contributed by atoms with Gasteiger partial charge < -0.3 is 21.1 Å². The van der Waals surface area contributed by atoms with Crippen molar-refractivity contribution in [2.45, 2.75) is 25.9 Å². The number of benzene rings is 2. The number of nitrogens with two attached hydrogens (primary N) is 1. The smallest absolute Gasteiger partial charge is 0.256 e. The zero-order chi connectivity index (χ0) is 17.8. The quantitative estimate of drug-likeness (QED) is 0.726. The molecule has 0 aromatic heterocycles. The summed E-state index contributed by atoms with van der Waals surface area (Å²) < 4.78 is 19.8. The maximum atomic E-state index is 14.2. The van der Waals surface area contributed by atoms with Crippen LogP contribution >= 0.6 is 0 Å². The predicted molar refractivity (Wildman–Crippen MR) is 97.4 cm³/mol. The molecule has 132 valence electrons. The fourth-order valence-corrected chi connectivity index (χ4v) is 2.85. The van der Waals surface area contributed by atoms with E-state index in [9.17, 15) is 9.18 Å². The van der Waals surface area contributed by atoms with E-state index in [1.807, 2.05) is 6.92 Å². The second-order valence-corrected chi connectivity index (χ2v) is 6.24. The number of ether oxygens (including phenoxy) is 1. The van der Waals surface area contributed by atoms with Crippen molar-refractivity contribution in [3.05, 3.63) is 53.3 Å². The maximum absolute atomic E-state index is 14.2. The molecule has 25 heavy (non-hydrogen) atoms. The van der Waals surface area contributed by atoms with Crippen molar-refractivity contribution >= 4 is 23.0 Å². The number of hydrogen-bond donors (Lipinski definition) is 3. The Morgan fingerprint density at radius 3 is 2.88 bits per heavy atom. The molecule has 2 aromatic carbocycles. The molecule has 1 unspecified atom stereocenters. The molecule has 4 N–H and O–H groups in total. The first-order chi connectivity index (χ1) is 12.0. The zero-order valence-electron chi connectivity index (χ0n) is 14.1. The normalized spacial score (nSPS) is 16.6. The molecule has 3 rings (SSSR count). The minimum Gasteiger partial charge on any atom is -0.399 e. The third kappa shape index (κ3) is 4.28. The Hall–Kier alpha value is -2.60. The van der Waals surface area contributed by atoms with Gasteiger partial charge in [-0.15, -0.1) is 0 Å². The van der Waals surface area contributed by atoms with E-state index < -0.39 is 5.82 Å². The van der Waals surface area contributed by atoms with Crippen LogP contribution in [-0.2, 0) is 4.74 Å². The minimum atomic E-state index is -0.417.